The SMILES string of the molecule is O=C1CCC(=O)NC(=O)CC1. The van der Waals surface area contributed by atoms with Crippen molar-refractivity contribution < 1.29 is 14.4 Å². The third-order valence-electron chi connectivity index (χ3n) is 1.54. The Labute approximate surface area is 64.0 Å². The summed E-state index contributed by atoms with van der Waals surface area (Å²) in [5.41, 5.74) is 0. The van der Waals surface area contributed by atoms with Crippen LogP contribution in [0, 0.1) is 0 Å². The Bertz CT molecular complexity index is 190. The Hall–Kier alpha value is -1.19. The lowest BCUT2D eigenvalue weighted by Gasteiger charge is -2.06. The number of imide groups is 1. The van der Waals surface area contributed by atoms with Crippen molar-refractivity contribution in [3.05, 3.63) is 0 Å². The summed E-state index contributed by atoms with van der Waals surface area (Å²) >= 11 is 0. The summed E-state index contributed by atoms with van der Waals surface area (Å²) in [6.45, 7) is 0. The molecule has 0 aromatic heterocycles. The van der Waals surface area contributed by atoms with Gasteiger partial charge in [-0.25, -0.2) is 0 Å². The van der Waals surface area contributed by atoms with Gasteiger partial charge in [-0.3, -0.25) is 19.7 Å². The van der Waals surface area contributed by atoms with Crippen molar-refractivity contribution in [1.82, 2.24) is 5.32 Å². The summed E-state index contributed by atoms with van der Waals surface area (Å²) in [5, 5.41) is 2.17. The van der Waals surface area contributed by atoms with E-state index in [0.717, 1.165) is 0 Å². The zero-order valence-corrected chi connectivity index (χ0v) is 6.05. The molecule has 0 radical (unpaired) electrons. The highest BCUT2D eigenvalue weighted by Crippen LogP contribution is 2.02. The van der Waals surface area contributed by atoms with Crippen LogP contribution in [0.2, 0.25) is 0 Å². The molecular formula is C7H9NO3. The van der Waals surface area contributed by atoms with Crippen LogP contribution in [-0.4, -0.2) is 17.6 Å². The fourth-order valence-electron chi connectivity index (χ4n) is 0.911. The zero-order valence-electron chi connectivity index (χ0n) is 6.05. The minimum Gasteiger partial charge on any atom is -0.300 e. The molecule has 11 heavy (non-hydrogen) atoms. The Kier molecular flexibility index (Phi) is 2.36. The number of amides is 2. The standard InChI is InChI=1S/C7H9NO3/c9-5-1-3-6(10)8-7(11)4-2-5/h1-4H2,(H,8,10,11). The Morgan fingerprint density at radius 2 is 1.27 bits per heavy atom. The van der Waals surface area contributed by atoms with Gasteiger partial charge in [-0.15, -0.1) is 0 Å². The maximum absolute atomic E-state index is 10.8. The van der Waals surface area contributed by atoms with E-state index in [9.17, 15) is 14.4 Å². The van der Waals surface area contributed by atoms with Gasteiger partial charge in [0, 0.05) is 25.7 Å². The van der Waals surface area contributed by atoms with Gasteiger partial charge in [0.15, 0.2) is 0 Å². The molecule has 1 heterocycles. The first kappa shape index (κ1) is 7.91. The van der Waals surface area contributed by atoms with Crippen molar-refractivity contribution in [3.63, 3.8) is 0 Å². The van der Waals surface area contributed by atoms with E-state index in [0.29, 0.717) is 0 Å². The van der Waals surface area contributed by atoms with E-state index in [1.165, 1.54) is 0 Å². The van der Waals surface area contributed by atoms with Crippen molar-refractivity contribution in [2.45, 2.75) is 25.7 Å². The highest BCUT2D eigenvalue weighted by molar-refractivity contribution is 5.99. The van der Waals surface area contributed by atoms with Crippen molar-refractivity contribution in [3.8, 4) is 0 Å². The second kappa shape index (κ2) is 3.27. The molecule has 1 rings (SSSR count). The molecule has 0 saturated carbocycles. The lowest BCUT2D eigenvalue weighted by molar-refractivity contribution is -0.134. The van der Waals surface area contributed by atoms with Crippen molar-refractivity contribution >= 4 is 17.6 Å². The predicted octanol–water partition coefficient (Wildman–Crippen LogP) is -0.228. The quantitative estimate of drug-likeness (QED) is 0.491. The Balaban J connectivity index is 2.53. The van der Waals surface area contributed by atoms with E-state index in [1.807, 2.05) is 0 Å². The van der Waals surface area contributed by atoms with Gasteiger partial charge in [0.25, 0.3) is 0 Å². The Morgan fingerprint density at radius 3 is 1.73 bits per heavy atom. The van der Waals surface area contributed by atoms with Crippen LogP contribution in [0.3, 0.4) is 0 Å². The molecule has 0 spiro atoms. The molecule has 1 aliphatic rings. The van der Waals surface area contributed by atoms with Crippen molar-refractivity contribution in [2.75, 3.05) is 0 Å². The highest BCUT2D eigenvalue weighted by Gasteiger charge is 2.15. The lowest BCUT2D eigenvalue weighted by atomic mass is 10.1. The minimum atomic E-state index is -0.344. The first-order valence-electron chi connectivity index (χ1n) is 3.53. The normalized spacial score (nSPS) is 20.5. The molecule has 2 amide bonds. The average Bonchev–Trinajstić information content (AvgIpc) is 1.95. The number of hydrogen-bond donors (Lipinski definition) is 1. The van der Waals surface area contributed by atoms with Gasteiger partial charge < -0.3 is 0 Å². The largest absolute Gasteiger partial charge is 0.300 e. The van der Waals surface area contributed by atoms with Gasteiger partial charge in [-0.05, 0) is 0 Å². The molecule has 0 unspecified atom stereocenters. The first-order chi connectivity index (χ1) is 5.18. The topological polar surface area (TPSA) is 63.2 Å². The number of ketones is 1. The van der Waals surface area contributed by atoms with Gasteiger partial charge in [0.05, 0.1) is 0 Å². The summed E-state index contributed by atoms with van der Waals surface area (Å²) in [6.07, 6.45) is 0.813. The van der Waals surface area contributed by atoms with Gasteiger partial charge >= 0.3 is 0 Å². The molecule has 0 aromatic rings. The van der Waals surface area contributed by atoms with Gasteiger partial charge in [-0.2, -0.15) is 0 Å². The van der Waals surface area contributed by atoms with Gasteiger partial charge in [-0.1, -0.05) is 0 Å². The van der Waals surface area contributed by atoms with E-state index in [-0.39, 0.29) is 43.3 Å². The van der Waals surface area contributed by atoms with Gasteiger partial charge in [0.2, 0.25) is 11.8 Å². The van der Waals surface area contributed by atoms with Crippen LogP contribution >= 0.6 is 0 Å². The van der Waals surface area contributed by atoms with Crippen molar-refractivity contribution in [2.24, 2.45) is 0 Å². The summed E-state index contributed by atoms with van der Waals surface area (Å²) in [6, 6.07) is 0. The second-order valence-electron chi connectivity index (χ2n) is 2.51. The zero-order chi connectivity index (χ0) is 8.27. The van der Waals surface area contributed by atoms with E-state index in [2.05, 4.69) is 5.32 Å². The third-order valence-corrected chi connectivity index (χ3v) is 1.54. The smallest absolute Gasteiger partial charge is 0.226 e. The summed E-state index contributed by atoms with van der Waals surface area (Å²) < 4.78 is 0. The maximum atomic E-state index is 10.8. The van der Waals surface area contributed by atoms with Crippen LogP contribution < -0.4 is 5.32 Å². The van der Waals surface area contributed by atoms with Gasteiger partial charge in [0.1, 0.15) is 5.78 Å². The number of nitrogens with one attached hydrogen (secondary N) is 1. The minimum absolute atomic E-state index is 0.00630. The lowest BCUT2D eigenvalue weighted by Crippen LogP contribution is -2.32. The third kappa shape index (κ3) is 2.49. The van der Waals surface area contributed by atoms with E-state index in [4.69, 9.17) is 0 Å². The summed E-state index contributed by atoms with van der Waals surface area (Å²) in [7, 11) is 0. The van der Waals surface area contributed by atoms with Crippen LogP contribution in [-0.2, 0) is 14.4 Å². The number of rotatable bonds is 0. The molecule has 4 nitrogen and oxygen atoms in total. The fourth-order valence-corrected chi connectivity index (χ4v) is 0.911. The molecular weight excluding hydrogens is 146 g/mol. The predicted molar refractivity (Wildman–Crippen MR) is 36.6 cm³/mol. The second-order valence-corrected chi connectivity index (χ2v) is 2.51. The number of carbonyl (C=O) groups excluding carboxylic acids is 3. The molecule has 0 atom stereocenters. The number of hydrogen-bond acceptors (Lipinski definition) is 3. The van der Waals surface area contributed by atoms with Crippen LogP contribution in [0.1, 0.15) is 25.7 Å². The molecule has 1 N–H and O–H groups in total. The molecule has 60 valence electrons. The number of Topliss-reactive ketones (excluding diaryl/α,β-unsaturated/α-hetero) is 1. The molecule has 4 heteroatoms. The van der Waals surface area contributed by atoms with Crippen LogP contribution in [0.4, 0.5) is 0 Å². The first-order valence-corrected chi connectivity index (χ1v) is 3.53. The number of carbonyl (C=O) groups is 3. The van der Waals surface area contributed by atoms with Crippen LogP contribution in [0.5, 0.6) is 0 Å². The van der Waals surface area contributed by atoms with Crippen LogP contribution in [0.25, 0.3) is 0 Å². The Morgan fingerprint density at radius 1 is 0.818 bits per heavy atom. The van der Waals surface area contributed by atoms with E-state index >= 15 is 0 Å². The molecule has 0 bridgehead atoms. The fraction of sp³-hybridized carbons (Fsp3) is 0.571. The van der Waals surface area contributed by atoms with Crippen LogP contribution in [0.15, 0.2) is 0 Å². The molecule has 0 aliphatic carbocycles. The maximum Gasteiger partial charge on any atom is 0.226 e. The average molecular weight is 155 g/mol. The monoisotopic (exact) mass is 155 g/mol. The summed E-state index contributed by atoms with van der Waals surface area (Å²) in [5.74, 6) is -0.695. The van der Waals surface area contributed by atoms with E-state index < -0.39 is 0 Å². The molecule has 0 aromatic carbocycles. The molecule has 1 aliphatic heterocycles. The van der Waals surface area contributed by atoms with Crippen molar-refractivity contribution in [1.29, 1.82) is 0 Å². The highest BCUT2D eigenvalue weighted by atomic mass is 16.2. The molecule has 1 saturated heterocycles. The summed E-state index contributed by atoms with van der Waals surface area (Å²) in [4.78, 5) is 32.2. The van der Waals surface area contributed by atoms with E-state index in [1.54, 1.807) is 0 Å². The molecule has 1 fully saturated rings.